The van der Waals surface area contributed by atoms with Crippen molar-refractivity contribution in [3.05, 3.63) is 0 Å². The van der Waals surface area contributed by atoms with Crippen LogP contribution in [0.2, 0.25) is 0 Å². The minimum absolute atomic E-state index is 0.156. The molecule has 0 rings (SSSR count). The Morgan fingerprint density at radius 2 is 1.61 bits per heavy atom. The van der Waals surface area contributed by atoms with Gasteiger partial charge in [0.2, 0.25) is 6.79 Å². The van der Waals surface area contributed by atoms with Gasteiger partial charge in [-0.25, -0.2) is 4.79 Å². The Morgan fingerprint density at radius 3 is 2.00 bits per heavy atom. The molecule has 0 aromatic rings. The Labute approximate surface area is 109 Å². The van der Waals surface area contributed by atoms with Gasteiger partial charge in [-0.3, -0.25) is 4.79 Å². The van der Waals surface area contributed by atoms with Gasteiger partial charge in [-0.2, -0.15) is 0 Å². The molecule has 0 atom stereocenters. The van der Waals surface area contributed by atoms with E-state index >= 15 is 0 Å². The highest BCUT2D eigenvalue weighted by Gasteiger charge is 2.33. The number of rotatable bonds is 6. The van der Waals surface area contributed by atoms with Crippen LogP contribution in [0.1, 0.15) is 41.5 Å². The quantitative estimate of drug-likeness (QED) is 0.543. The van der Waals surface area contributed by atoms with Crippen LogP contribution < -0.4 is 0 Å². The van der Waals surface area contributed by atoms with Crippen molar-refractivity contribution in [3.8, 4) is 0 Å². The van der Waals surface area contributed by atoms with Crippen molar-refractivity contribution in [3.63, 3.8) is 0 Å². The van der Waals surface area contributed by atoms with Crippen molar-refractivity contribution in [1.82, 2.24) is 4.90 Å². The molecule has 0 saturated carbocycles. The van der Waals surface area contributed by atoms with Gasteiger partial charge in [-0.1, -0.05) is 13.8 Å². The highest BCUT2D eigenvalue weighted by molar-refractivity contribution is 5.76. The van der Waals surface area contributed by atoms with E-state index in [4.69, 9.17) is 9.47 Å². The molecule has 0 saturated heterocycles. The van der Waals surface area contributed by atoms with Crippen molar-refractivity contribution in [2.75, 3.05) is 19.9 Å². The molecule has 5 heteroatoms. The van der Waals surface area contributed by atoms with Gasteiger partial charge in [0.1, 0.15) is 0 Å². The maximum Gasteiger partial charge on any atom is 0.412 e. The van der Waals surface area contributed by atoms with E-state index in [1.165, 1.54) is 4.90 Å². The number of carbonyl (C=O) groups excluding carboxylic acids is 2. The van der Waals surface area contributed by atoms with E-state index in [-0.39, 0.29) is 18.7 Å². The summed E-state index contributed by atoms with van der Waals surface area (Å²) < 4.78 is 9.84. The summed E-state index contributed by atoms with van der Waals surface area (Å²) in [6.45, 7) is 12.0. The lowest BCUT2D eigenvalue weighted by Gasteiger charge is -2.26. The summed E-state index contributed by atoms with van der Waals surface area (Å²) >= 11 is 0. The van der Waals surface area contributed by atoms with Gasteiger partial charge in [-0.05, 0) is 33.6 Å². The van der Waals surface area contributed by atoms with Crippen LogP contribution >= 0.6 is 0 Å². The van der Waals surface area contributed by atoms with Crippen molar-refractivity contribution in [1.29, 1.82) is 0 Å². The van der Waals surface area contributed by atoms with Crippen molar-refractivity contribution >= 4 is 12.1 Å². The first-order valence-corrected chi connectivity index (χ1v) is 6.36. The van der Waals surface area contributed by atoms with Crippen LogP contribution in [-0.4, -0.2) is 36.8 Å². The highest BCUT2D eigenvalue weighted by Crippen LogP contribution is 2.27. The van der Waals surface area contributed by atoms with Crippen LogP contribution in [-0.2, 0) is 14.3 Å². The predicted molar refractivity (Wildman–Crippen MR) is 69.0 cm³/mol. The topological polar surface area (TPSA) is 55.8 Å². The third-order valence-corrected chi connectivity index (χ3v) is 3.36. The zero-order chi connectivity index (χ0) is 14.3. The van der Waals surface area contributed by atoms with E-state index < -0.39 is 11.5 Å². The second-order valence-corrected chi connectivity index (χ2v) is 5.01. The number of nitrogens with zero attached hydrogens (tertiary/aromatic N) is 1. The van der Waals surface area contributed by atoms with Crippen LogP contribution in [0, 0.1) is 11.3 Å². The summed E-state index contributed by atoms with van der Waals surface area (Å²) in [6.07, 6.45) is -0.463. The fourth-order valence-corrected chi connectivity index (χ4v) is 1.13. The molecule has 0 N–H and O–H groups in total. The molecule has 0 fully saturated rings. The van der Waals surface area contributed by atoms with Gasteiger partial charge in [-0.15, -0.1) is 0 Å². The lowest BCUT2D eigenvalue weighted by Crippen LogP contribution is -2.35. The molecule has 0 heterocycles. The summed E-state index contributed by atoms with van der Waals surface area (Å²) in [5.74, 6) is -0.201. The first-order valence-electron chi connectivity index (χ1n) is 6.36. The summed E-state index contributed by atoms with van der Waals surface area (Å²) in [5, 5.41) is 0. The van der Waals surface area contributed by atoms with E-state index in [2.05, 4.69) is 0 Å². The molecule has 0 spiro atoms. The second-order valence-electron chi connectivity index (χ2n) is 5.01. The second kappa shape index (κ2) is 7.24. The minimum Gasteiger partial charge on any atom is -0.427 e. The van der Waals surface area contributed by atoms with Gasteiger partial charge in [0.15, 0.2) is 0 Å². The average Bonchev–Trinajstić information content (AvgIpc) is 2.30. The summed E-state index contributed by atoms with van der Waals surface area (Å²) in [7, 11) is 0. The Hall–Kier alpha value is -1.26. The first-order chi connectivity index (χ1) is 8.27. The monoisotopic (exact) mass is 259 g/mol. The highest BCUT2D eigenvalue weighted by atomic mass is 16.7. The molecule has 18 heavy (non-hydrogen) atoms. The molecule has 0 aliphatic heterocycles. The van der Waals surface area contributed by atoms with Crippen LogP contribution in [0.25, 0.3) is 0 Å². The molecule has 0 aromatic heterocycles. The fraction of sp³-hybridized carbons (Fsp3) is 0.846. The van der Waals surface area contributed by atoms with Crippen molar-refractivity contribution in [2.24, 2.45) is 11.3 Å². The lowest BCUT2D eigenvalue weighted by molar-refractivity contribution is -0.165. The minimum atomic E-state index is -0.582. The van der Waals surface area contributed by atoms with Gasteiger partial charge >= 0.3 is 12.1 Å². The molecule has 1 amide bonds. The van der Waals surface area contributed by atoms with Crippen LogP contribution in [0.4, 0.5) is 4.79 Å². The molecule has 0 bridgehead atoms. The SMILES string of the molecule is CCN(CC)C(=O)OCOC(=O)C(C)(C)C(C)C. The van der Waals surface area contributed by atoms with Gasteiger partial charge < -0.3 is 14.4 Å². The van der Waals surface area contributed by atoms with E-state index in [0.717, 1.165) is 0 Å². The maximum absolute atomic E-state index is 11.8. The Bertz CT molecular complexity index is 283. The molecule has 0 unspecified atom stereocenters. The Kier molecular flexibility index (Phi) is 6.73. The third-order valence-electron chi connectivity index (χ3n) is 3.36. The van der Waals surface area contributed by atoms with Gasteiger partial charge in [0, 0.05) is 13.1 Å². The summed E-state index contributed by atoms with van der Waals surface area (Å²) in [5.41, 5.74) is -0.582. The predicted octanol–water partition coefficient (Wildman–Crippen LogP) is 2.65. The summed E-state index contributed by atoms with van der Waals surface area (Å²) in [6, 6.07) is 0. The van der Waals surface area contributed by atoms with Crippen molar-refractivity contribution < 1.29 is 19.1 Å². The normalized spacial score (nSPS) is 11.3. The van der Waals surface area contributed by atoms with E-state index in [0.29, 0.717) is 13.1 Å². The molecule has 0 radical (unpaired) electrons. The number of hydrogen-bond acceptors (Lipinski definition) is 4. The molecule has 0 aliphatic rings. The average molecular weight is 259 g/mol. The van der Waals surface area contributed by atoms with Gasteiger partial charge in [0.05, 0.1) is 5.41 Å². The van der Waals surface area contributed by atoms with E-state index in [9.17, 15) is 9.59 Å². The lowest BCUT2D eigenvalue weighted by atomic mass is 9.81. The van der Waals surface area contributed by atoms with Crippen LogP contribution in [0.3, 0.4) is 0 Å². The number of amides is 1. The van der Waals surface area contributed by atoms with Gasteiger partial charge in [0.25, 0.3) is 0 Å². The molecule has 0 aliphatic carbocycles. The standard InChI is InChI=1S/C13H25NO4/c1-7-14(8-2)12(16)18-9-17-11(15)13(5,6)10(3)4/h10H,7-9H2,1-6H3. The molecule has 5 nitrogen and oxygen atoms in total. The zero-order valence-corrected chi connectivity index (χ0v) is 12.3. The summed E-state index contributed by atoms with van der Waals surface area (Å²) in [4.78, 5) is 24.8. The maximum atomic E-state index is 11.8. The first kappa shape index (κ1) is 16.7. The number of ether oxygens (including phenoxy) is 2. The third kappa shape index (κ3) is 4.55. The smallest absolute Gasteiger partial charge is 0.412 e. The largest absolute Gasteiger partial charge is 0.427 e. The number of esters is 1. The van der Waals surface area contributed by atoms with E-state index in [1.54, 1.807) is 0 Å². The van der Waals surface area contributed by atoms with Crippen LogP contribution in [0.5, 0.6) is 0 Å². The Balaban J connectivity index is 4.13. The molecule has 106 valence electrons. The van der Waals surface area contributed by atoms with Crippen LogP contribution in [0.15, 0.2) is 0 Å². The molecular formula is C13H25NO4. The Morgan fingerprint density at radius 1 is 1.11 bits per heavy atom. The fourth-order valence-electron chi connectivity index (χ4n) is 1.13. The number of hydrogen-bond donors (Lipinski definition) is 0. The zero-order valence-electron chi connectivity index (χ0n) is 12.3. The van der Waals surface area contributed by atoms with E-state index in [1.807, 2.05) is 41.5 Å². The van der Waals surface area contributed by atoms with Crippen molar-refractivity contribution in [2.45, 2.75) is 41.5 Å². The molecule has 0 aromatic carbocycles. The number of carbonyl (C=O) groups is 2. The molecular weight excluding hydrogens is 234 g/mol.